The number of alkyl halides is 2. The Morgan fingerprint density at radius 3 is 2.71 bits per heavy atom. The van der Waals surface area contributed by atoms with Crippen LogP contribution in [0.15, 0.2) is 30.5 Å². The summed E-state index contributed by atoms with van der Waals surface area (Å²) in [4.78, 5) is 11.0. The number of nitrogens with two attached hydrogens (primary N) is 1. The van der Waals surface area contributed by atoms with Crippen LogP contribution in [0.1, 0.15) is 12.1 Å². The molecule has 0 bridgehead atoms. The molecule has 11 heteroatoms. The summed E-state index contributed by atoms with van der Waals surface area (Å²) >= 11 is 0. The number of carbonyl (C=O) groups excluding carboxylic acids is 1. The number of aromatic nitrogens is 4. The number of nitrogens with zero attached hydrogens (tertiary/aromatic N) is 4. The molecule has 124 valence electrons. The van der Waals surface area contributed by atoms with Crippen LogP contribution in [0.5, 0.6) is 0 Å². The van der Waals surface area contributed by atoms with Crippen molar-refractivity contribution in [1.29, 1.82) is 0 Å². The minimum Gasteiger partial charge on any atom is -0.423 e. The number of carbonyl (C=O) groups is 1. The molecule has 8 nitrogen and oxygen atoms in total. The Balaban J connectivity index is 2.10. The van der Waals surface area contributed by atoms with E-state index in [0.29, 0.717) is 10.9 Å². The second-order valence-electron chi connectivity index (χ2n) is 5.08. The molecule has 0 aliphatic carbocycles. The van der Waals surface area contributed by atoms with Gasteiger partial charge in [-0.3, -0.25) is 9.48 Å². The summed E-state index contributed by atoms with van der Waals surface area (Å²) in [5, 5.41) is 27.3. The fourth-order valence-electron chi connectivity index (χ4n) is 2.39. The third-order valence-corrected chi connectivity index (χ3v) is 3.42. The SMILES string of the molecule is NC(=O)Cn1nc(-n2cc3c(B(O)O)cccc3n2)cc1C(F)F. The van der Waals surface area contributed by atoms with Crippen molar-refractivity contribution in [3.8, 4) is 5.82 Å². The Hall–Kier alpha value is -2.79. The molecular formula is C13H12BF2N5O3. The zero-order valence-corrected chi connectivity index (χ0v) is 12.2. The normalized spacial score (nSPS) is 11.4. The molecule has 24 heavy (non-hydrogen) atoms. The van der Waals surface area contributed by atoms with E-state index < -0.39 is 31.7 Å². The first-order chi connectivity index (χ1) is 11.4. The Labute approximate surface area is 134 Å². The average molecular weight is 335 g/mol. The van der Waals surface area contributed by atoms with Crippen molar-refractivity contribution in [1.82, 2.24) is 19.6 Å². The van der Waals surface area contributed by atoms with Gasteiger partial charge in [0.1, 0.15) is 12.2 Å². The van der Waals surface area contributed by atoms with E-state index in [-0.39, 0.29) is 11.3 Å². The van der Waals surface area contributed by atoms with Crippen LogP contribution in [0, 0.1) is 0 Å². The Kier molecular flexibility index (Phi) is 4.03. The molecule has 0 radical (unpaired) electrons. The summed E-state index contributed by atoms with van der Waals surface area (Å²) in [5.74, 6) is -0.746. The molecule has 4 N–H and O–H groups in total. The van der Waals surface area contributed by atoms with Crippen molar-refractivity contribution >= 4 is 29.4 Å². The summed E-state index contributed by atoms with van der Waals surface area (Å²) < 4.78 is 28.2. The third-order valence-electron chi connectivity index (χ3n) is 3.42. The molecule has 2 heterocycles. The van der Waals surface area contributed by atoms with Gasteiger partial charge in [0, 0.05) is 17.6 Å². The number of halogens is 2. The Bertz CT molecular complexity index is 908. The molecule has 2 aromatic heterocycles. The Morgan fingerprint density at radius 2 is 2.08 bits per heavy atom. The van der Waals surface area contributed by atoms with E-state index in [1.54, 1.807) is 12.1 Å². The quantitative estimate of drug-likeness (QED) is 0.534. The van der Waals surface area contributed by atoms with Crippen LogP contribution in [0.3, 0.4) is 0 Å². The van der Waals surface area contributed by atoms with Gasteiger partial charge in [0.15, 0.2) is 5.82 Å². The van der Waals surface area contributed by atoms with Crippen molar-refractivity contribution in [3.63, 3.8) is 0 Å². The molecule has 0 unspecified atom stereocenters. The molecule has 1 aromatic carbocycles. The maximum absolute atomic E-state index is 13.1. The lowest BCUT2D eigenvalue weighted by Gasteiger charge is -2.02. The molecule has 3 aromatic rings. The maximum atomic E-state index is 13.1. The van der Waals surface area contributed by atoms with Crippen LogP contribution in [0.2, 0.25) is 0 Å². The van der Waals surface area contributed by atoms with Crippen LogP contribution >= 0.6 is 0 Å². The average Bonchev–Trinajstić information content (AvgIpc) is 3.09. The monoisotopic (exact) mass is 335 g/mol. The summed E-state index contributed by atoms with van der Waals surface area (Å²) in [6.45, 7) is -0.485. The van der Waals surface area contributed by atoms with E-state index in [2.05, 4.69) is 10.2 Å². The highest BCUT2D eigenvalue weighted by Gasteiger charge is 2.21. The van der Waals surface area contributed by atoms with Gasteiger partial charge in [-0.25, -0.2) is 13.5 Å². The van der Waals surface area contributed by atoms with Crippen molar-refractivity contribution in [3.05, 3.63) is 36.2 Å². The molecule has 0 aliphatic rings. The first kappa shape index (κ1) is 16.1. The van der Waals surface area contributed by atoms with Gasteiger partial charge in [0.25, 0.3) is 6.43 Å². The molecule has 0 saturated carbocycles. The lowest BCUT2D eigenvalue weighted by atomic mass is 9.78. The van der Waals surface area contributed by atoms with Crippen LogP contribution in [0.4, 0.5) is 8.78 Å². The first-order valence-corrected chi connectivity index (χ1v) is 6.86. The molecule has 3 rings (SSSR count). The molecular weight excluding hydrogens is 323 g/mol. The van der Waals surface area contributed by atoms with Crippen LogP contribution in [0.25, 0.3) is 16.7 Å². The number of rotatable bonds is 5. The molecule has 0 saturated heterocycles. The lowest BCUT2D eigenvalue weighted by molar-refractivity contribution is -0.118. The van der Waals surface area contributed by atoms with E-state index in [1.165, 1.54) is 16.9 Å². The van der Waals surface area contributed by atoms with Crippen molar-refractivity contribution < 1.29 is 23.6 Å². The maximum Gasteiger partial charge on any atom is 0.489 e. The highest BCUT2D eigenvalue weighted by Crippen LogP contribution is 2.22. The van der Waals surface area contributed by atoms with Gasteiger partial charge in [0.2, 0.25) is 5.91 Å². The number of amides is 1. The fourth-order valence-corrected chi connectivity index (χ4v) is 2.39. The highest BCUT2D eigenvalue weighted by molar-refractivity contribution is 6.61. The summed E-state index contributed by atoms with van der Waals surface area (Å²) in [7, 11) is -1.70. The van der Waals surface area contributed by atoms with Gasteiger partial charge < -0.3 is 15.8 Å². The summed E-state index contributed by atoms with van der Waals surface area (Å²) in [6.07, 6.45) is -1.40. The standard InChI is InChI=1S/C13H12BF2N5O3/c15-13(16)10-4-12(19-20(10)6-11(17)22)21-5-7-8(14(23)24)2-1-3-9(7)18-21/h1-5,13,23-24H,6H2,(H2,17,22). The number of hydrogen-bond donors (Lipinski definition) is 3. The van der Waals surface area contributed by atoms with E-state index in [4.69, 9.17) is 5.73 Å². The number of fused-ring (bicyclic) bond motifs is 1. The third kappa shape index (κ3) is 2.86. The highest BCUT2D eigenvalue weighted by atomic mass is 19.3. The van der Waals surface area contributed by atoms with E-state index >= 15 is 0 Å². The van der Waals surface area contributed by atoms with E-state index in [0.717, 1.165) is 10.7 Å². The van der Waals surface area contributed by atoms with Crippen molar-refractivity contribution in [2.45, 2.75) is 13.0 Å². The number of hydrogen-bond acceptors (Lipinski definition) is 5. The van der Waals surface area contributed by atoms with Crippen LogP contribution in [-0.2, 0) is 11.3 Å². The second-order valence-corrected chi connectivity index (χ2v) is 5.08. The zero-order chi connectivity index (χ0) is 17.4. The summed E-state index contributed by atoms with van der Waals surface area (Å²) in [6, 6.07) is 5.82. The van der Waals surface area contributed by atoms with Gasteiger partial charge in [-0.1, -0.05) is 12.1 Å². The van der Waals surface area contributed by atoms with Crippen molar-refractivity contribution in [2.24, 2.45) is 5.73 Å². The largest absolute Gasteiger partial charge is 0.489 e. The van der Waals surface area contributed by atoms with Gasteiger partial charge in [-0.15, -0.1) is 0 Å². The second kappa shape index (κ2) is 6.02. The zero-order valence-electron chi connectivity index (χ0n) is 12.2. The van der Waals surface area contributed by atoms with Gasteiger partial charge in [-0.05, 0) is 11.5 Å². The summed E-state index contributed by atoms with van der Waals surface area (Å²) in [5.41, 5.74) is 5.23. The van der Waals surface area contributed by atoms with Crippen molar-refractivity contribution in [2.75, 3.05) is 0 Å². The fraction of sp³-hybridized carbons (Fsp3) is 0.154. The molecule has 0 atom stereocenters. The van der Waals surface area contributed by atoms with Gasteiger partial charge in [-0.2, -0.15) is 10.2 Å². The minimum atomic E-state index is -2.84. The first-order valence-electron chi connectivity index (χ1n) is 6.86. The van der Waals surface area contributed by atoms with E-state index in [1.807, 2.05) is 0 Å². The number of benzene rings is 1. The lowest BCUT2D eigenvalue weighted by Crippen LogP contribution is -2.30. The van der Waals surface area contributed by atoms with E-state index in [9.17, 15) is 23.6 Å². The molecule has 0 aliphatic heterocycles. The van der Waals surface area contributed by atoms with Gasteiger partial charge >= 0.3 is 7.12 Å². The molecule has 0 spiro atoms. The van der Waals surface area contributed by atoms with Gasteiger partial charge in [0.05, 0.1) is 5.52 Å². The molecule has 1 amide bonds. The van der Waals surface area contributed by atoms with Crippen LogP contribution < -0.4 is 11.2 Å². The van der Waals surface area contributed by atoms with Crippen LogP contribution in [-0.4, -0.2) is 42.6 Å². The molecule has 0 fully saturated rings. The number of primary amides is 1. The smallest absolute Gasteiger partial charge is 0.423 e. The topological polar surface area (TPSA) is 119 Å². The minimum absolute atomic E-state index is 0.0566. The predicted molar refractivity (Wildman–Crippen MR) is 80.8 cm³/mol. The predicted octanol–water partition coefficient (Wildman–Crippen LogP) is -0.675. The Morgan fingerprint density at radius 1 is 1.33 bits per heavy atom.